The number of carbonyl (C=O) groups is 3. The molecule has 4 atom stereocenters. The molecule has 6 nitrogen and oxygen atoms in total. The lowest BCUT2D eigenvalue weighted by molar-refractivity contribution is -0.172. The molecule has 0 unspecified atom stereocenters. The molecule has 1 heterocycles. The van der Waals surface area contributed by atoms with Gasteiger partial charge in [-0.2, -0.15) is 11.3 Å². The molecule has 7 heteroatoms. The van der Waals surface area contributed by atoms with Gasteiger partial charge in [0.2, 0.25) is 0 Å². The fourth-order valence-corrected chi connectivity index (χ4v) is 4.05. The Balaban J connectivity index is 2.53. The molecule has 0 radical (unpaired) electrons. The van der Waals surface area contributed by atoms with Gasteiger partial charge in [-0.3, -0.25) is 14.4 Å². The zero-order valence-corrected chi connectivity index (χ0v) is 14.8. The minimum absolute atomic E-state index is 0.138. The van der Waals surface area contributed by atoms with Gasteiger partial charge in [0.1, 0.15) is 5.92 Å². The topological polar surface area (TPSA) is 89.9 Å². The third-order valence-electron chi connectivity index (χ3n) is 4.28. The molecule has 1 aromatic rings. The summed E-state index contributed by atoms with van der Waals surface area (Å²) in [7, 11) is 0. The number of thiophene rings is 1. The molecule has 1 aliphatic carbocycles. The number of ether oxygens (including phenoxy) is 2. The first-order valence-electron chi connectivity index (χ1n) is 7.94. The van der Waals surface area contributed by atoms with Gasteiger partial charge in [0.25, 0.3) is 0 Å². The molecule has 132 valence electrons. The van der Waals surface area contributed by atoms with E-state index in [0.29, 0.717) is 5.56 Å². The summed E-state index contributed by atoms with van der Waals surface area (Å²) in [5, 5.41) is 14.3. The number of Topliss-reactive ketones (excluding diaryl/α,β-unsaturated/α-hetero) is 1. The number of hydrogen-bond donors (Lipinski definition) is 1. The summed E-state index contributed by atoms with van der Waals surface area (Å²) in [6.45, 7) is 5.05. The van der Waals surface area contributed by atoms with Crippen molar-refractivity contribution >= 4 is 29.1 Å². The maximum absolute atomic E-state index is 12.5. The highest BCUT2D eigenvalue weighted by Crippen LogP contribution is 2.47. The van der Waals surface area contributed by atoms with Gasteiger partial charge in [-0.05, 0) is 43.2 Å². The van der Waals surface area contributed by atoms with E-state index in [2.05, 4.69) is 0 Å². The average molecular weight is 354 g/mol. The number of carbonyl (C=O) groups excluding carboxylic acids is 3. The van der Waals surface area contributed by atoms with E-state index in [0.717, 1.165) is 0 Å². The first-order valence-corrected chi connectivity index (χ1v) is 8.88. The van der Waals surface area contributed by atoms with Crippen LogP contribution in [0.4, 0.5) is 0 Å². The van der Waals surface area contributed by atoms with Gasteiger partial charge in [0, 0.05) is 12.3 Å². The molecule has 1 saturated carbocycles. The molecule has 0 aromatic carbocycles. The second kappa shape index (κ2) is 7.44. The first-order chi connectivity index (χ1) is 11.3. The first kappa shape index (κ1) is 18.6. The Hall–Kier alpha value is -1.73. The third kappa shape index (κ3) is 3.52. The Labute approximate surface area is 144 Å². The van der Waals surface area contributed by atoms with Crippen LogP contribution in [-0.2, 0) is 23.9 Å². The standard InChI is InChI=1S/C17H22O6S/c1-4-22-15(19)13-11(18)8-17(3,21)14(16(20)23-5-2)12(13)10-6-7-24-9-10/h6-7,9,12-14,21H,4-5,8H2,1-3H3/t12-,13-,14+,17-/m0/s1. The molecule has 2 rings (SSSR count). The summed E-state index contributed by atoms with van der Waals surface area (Å²) in [4.78, 5) is 37.4. The molecular weight excluding hydrogens is 332 g/mol. The molecular formula is C17H22O6S. The summed E-state index contributed by atoms with van der Waals surface area (Å²) >= 11 is 1.39. The summed E-state index contributed by atoms with van der Waals surface area (Å²) in [6.07, 6.45) is -0.291. The van der Waals surface area contributed by atoms with Gasteiger partial charge in [-0.25, -0.2) is 0 Å². The van der Waals surface area contributed by atoms with Crippen LogP contribution >= 0.6 is 11.3 Å². The molecule has 1 N–H and O–H groups in total. The van der Waals surface area contributed by atoms with Gasteiger partial charge in [0.05, 0.1) is 24.7 Å². The Morgan fingerprint density at radius 3 is 2.46 bits per heavy atom. The average Bonchev–Trinajstić information content (AvgIpc) is 2.99. The van der Waals surface area contributed by atoms with Crippen LogP contribution in [0.2, 0.25) is 0 Å². The third-order valence-corrected chi connectivity index (χ3v) is 4.98. The number of esters is 2. The van der Waals surface area contributed by atoms with Crippen LogP contribution in [0, 0.1) is 11.8 Å². The van der Waals surface area contributed by atoms with E-state index in [4.69, 9.17) is 9.47 Å². The summed E-state index contributed by atoms with van der Waals surface area (Å²) in [5.74, 6) is -4.63. The Bertz CT molecular complexity index is 607. The summed E-state index contributed by atoms with van der Waals surface area (Å²) < 4.78 is 10.2. The molecule has 24 heavy (non-hydrogen) atoms. The number of aliphatic hydroxyl groups is 1. The highest BCUT2D eigenvalue weighted by atomic mass is 32.1. The van der Waals surface area contributed by atoms with Crippen LogP contribution in [0.1, 0.15) is 38.7 Å². The maximum Gasteiger partial charge on any atom is 0.317 e. The van der Waals surface area contributed by atoms with Crippen molar-refractivity contribution in [1.82, 2.24) is 0 Å². The van der Waals surface area contributed by atoms with Crippen molar-refractivity contribution in [3.8, 4) is 0 Å². The zero-order valence-electron chi connectivity index (χ0n) is 14.0. The van der Waals surface area contributed by atoms with Crippen molar-refractivity contribution in [3.05, 3.63) is 22.4 Å². The van der Waals surface area contributed by atoms with E-state index in [1.807, 2.05) is 0 Å². The Morgan fingerprint density at radius 2 is 1.92 bits per heavy atom. The summed E-state index contributed by atoms with van der Waals surface area (Å²) in [5.41, 5.74) is -0.928. The van der Waals surface area contributed by atoms with Gasteiger partial charge in [-0.1, -0.05) is 0 Å². The smallest absolute Gasteiger partial charge is 0.317 e. The van der Waals surface area contributed by atoms with E-state index < -0.39 is 41.1 Å². The van der Waals surface area contributed by atoms with Crippen LogP contribution in [0.5, 0.6) is 0 Å². The van der Waals surface area contributed by atoms with Crippen LogP contribution in [0.15, 0.2) is 16.8 Å². The lowest BCUT2D eigenvalue weighted by Crippen LogP contribution is -2.55. The number of rotatable bonds is 5. The molecule has 0 spiro atoms. The van der Waals surface area contributed by atoms with Crippen LogP contribution in [0.3, 0.4) is 0 Å². The molecule has 0 amide bonds. The highest BCUT2D eigenvalue weighted by Gasteiger charge is 2.57. The molecule has 1 fully saturated rings. The van der Waals surface area contributed by atoms with E-state index in [1.54, 1.807) is 30.7 Å². The van der Waals surface area contributed by atoms with Gasteiger partial charge < -0.3 is 14.6 Å². The minimum atomic E-state index is -1.58. The van der Waals surface area contributed by atoms with Crippen molar-refractivity contribution in [2.45, 2.75) is 38.7 Å². The predicted molar refractivity (Wildman–Crippen MR) is 87.6 cm³/mol. The molecule has 0 saturated heterocycles. The van der Waals surface area contributed by atoms with E-state index >= 15 is 0 Å². The predicted octanol–water partition coefficient (Wildman–Crippen LogP) is 1.91. The molecule has 0 bridgehead atoms. The maximum atomic E-state index is 12.5. The lowest BCUT2D eigenvalue weighted by Gasteiger charge is -2.43. The Morgan fingerprint density at radius 1 is 1.29 bits per heavy atom. The second-order valence-electron chi connectivity index (χ2n) is 6.04. The molecule has 0 aliphatic heterocycles. The van der Waals surface area contributed by atoms with Crippen LogP contribution in [0.25, 0.3) is 0 Å². The number of hydrogen-bond acceptors (Lipinski definition) is 7. The summed E-state index contributed by atoms with van der Waals surface area (Å²) in [6, 6.07) is 1.75. The van der Waals surface area contributed by atoms with Crippen LogP contribution < -0.4 is 0 Å². The van der Waals surface area contributed by atoms with Crippen molar-refractivity contribution in [3.63, 3.8) is 0 Å². The minimum Gasteiger partial charge on any atom is -0.466 e. The fourth-order valence-electron chi connectivity index (χ4n) is 3.34. The lowest BCUT2D eigenvalue weighted by atomic mass is 9.62. The van der Waals surface area contributed by atoms with Crippen molar-refractivity contribution in [1.29, 1.82) is 0 Å². The van der Waals surface area contributed by atoms with Gasteiger partial charge >= 0.3 is 11.9 Å². The van der Waals surface area contributed by atoms with Crippen LogP contribution in [-0.4, -0.2) is 41.6 Å². The quantitative estimate of drug-likeness (QED) is 0.642. The monoisotopic (exact) mass is 354 g/mol. The van der Waals surface area contributed by atoms with E-state index in [9.17, 15) is 19.5 Å². The normalized spacial score (nSPS) is 30.0. The largest absolute Gasteiger partial charge is 0.466 e. The van der Waals surface area contributed by atoms with Gasteiger partial charge in [-0.15, -0.1) is 0 Å². The highest BCUT2D eigenvalue weighted by molar-refractivity contribution is 7.08. The van der Waals surface area contributed by atoms with Crippen molar-refractivity contribution in [2.24, 2.45) is 11.8 Å². The van der Waals surface area contributed by atoms with E-state index in [-0.39, 0.29) is 19.6 Å². The van der Waals surface area contributed by atoms with Crippen molar-refractivity contribution in [2.75, 3.05) is 13.2 Å². The number of ketones is 1. The molecule has 1 aliphatic rings. The van der Waals surface area contributed by atoms with Gasteiger partial charge in [0.15, 0.2) is 5.78 Å². The van der Waals surface area contributed by atoms with Crippen molar-refractivity contribution < 1.29 is 29.0 Å². The SMILES string of the molecule is CCOC(=O)[C@H]1C(=O)C[C@](C)(O)[C@@H](C(=O)OCC)[C@H]1c1ccsc1. The zero-order chi connectivity index (χ0) is 17.9. The van der Waals surface area contributed by atoms with E-state index in [1.165, 1.54) is 18.3 Å². The second-order valence-corrected chi connectivity index (χ2v) is 6.82. The fraction of sp³-hybridized carbons (Fsp3) is 0.588. The Kier molecular flexibility index (Phi) is 5.77. The molecule has 1 aromatic heterocycles.